The zero-order valence-electron chi connectivity index (χ0n) is 11.0. The number of aromatic nitrogens is 1. The Bertz CT molecular complexity index is 576. The number of nitrogens with two attached hydrogens (primary N) is 1. The van der Waals surface area contributed by atoms with Crippen molar-refractivity contribution in [3.63, 3.8) is 0 Å². The van der Waals surface area contributed by atoms with Gasteiger partial charge in [-0.2, -0.15) is 13.2 Å². The topological polar surface area (TPSA) is 38.9 Å². The molecule has 2 N–H and O–H groups in total. The Labute approximate surface area is 115 Å². The molecule has 0 amide bonds. The van der Waals surface area contributed by atoms with Crippen LogP contribution in [0.2, 0.25) is 0 Å². The van der Waals surface area contributed by atoms with Gasteiger partial charge in [0, 0.05) is 12.4 Å². The summed E-state index contributed by atoms with van der Waals surface area (Å²) in [5.41, 5.74) is 8.02. The van der Waals surface area contributed by atoms with E-state index in [1.165, 1.54) is 12.1 Å². The van der Waals surface area contributed by atoms with Gasteiger partial charge in [-0.1, -0.05) is 19.1 Å². The van der Waals surface area contributed by atoms with Crippen LogP contribution in [0, 0.1) is 0 Å². The fraction of sp³-hybridized carbons (Fsp3) is 0.267. The molecule has 0 spiro atoms. The monoisotopic (exact) mass is 280 g/mol. The summed E-state index contributed by atoms with van der Waals surface area (Å²) in [4.78, 5) is 4.03. The lowest BCUT2D eigenvalue weighted by molar-refractivity contribution is -0.137. The van der Waals surface area contributed by atoms with E-state index in [4.69, 9.17) is 5.73 Å². The summed E-state index contributed by atoms with van der Waals surface area (Å²) in [6, 6.07) is 6.32. The zero-order valence-corrected chi connectivity index (χ0v) is 11.0. The van der Waals surface area contributed by atoms with Crippen molar-refractivity contribution in [2.75, 3.05) is 0 Å². The lowest BCUT2D eigenvalue weighted by Gasteiger charge is -2.16. The van der Waals surface area contributed by atoms with E-state index in [0.29, 0.717) is 5.56 Å². The minimum atomic E-state index is -4.33. The highest BCUT2D eigenvalue weighted by Gasteiger charge is 2.30. The van der Waals surface area contributed by atoms with Crippen molar-refractivity contribution in [2.45, 2.75) is 25.6 Å². The predicted octanol–water partition coefficient (Wildman–Crippen LogP) is 3.71. The first-order valence-corrected chi connectivity index (χ1v) is 6.29. The van der Waals surface area contributed by atoms with Crippen molar-refractivity contribution < 1.29 is 13.2 Å². The molecule has 0 aliphatic rings. The lowest BCUT2D eigenvalue weighted by atomic mass is 9.95. The van der Waals surface area contributed by atoms with Crippen LogP contribution in [-0.2, 0) is 12.6 Å². The van der Waals surface area contributed by atoms with Gasteiger partial charge in [-0.05, 0) is 41.3 Å². The molecule has 0 fully saturated rings. The van der Waals surface area contributed by atoms with E-state index >= 15 is 0 Å². The average Bonchev–Trinajstić information content (AvgIpc) is 2.45. The molecule has 2 aromatic rings. The molecule has 1 atom stereocenters. The van der Waals surface area contributed by atoms with E-state index in [-0.39, 0.29) is 0 Å². The molecule has 2 nitrogen and oxygen atoms in total. The summed E-state index contributed by atoms with van der Waals surface area (Å²) in [5, 5.41) is 0. The Morgan fingerprint density at radius 1 is 1.15 bits per heavy atom. The van der Waals surface area contributed by atoms with Gasteiger partial charge in [0.1, 0.15) is 0 Å². The van der Waals surface area contributed by atoms with Gasteiger partial charge in [-0.3, -0.25) is 4.98 Å². The summed E-state index contributed by atoms with van der Waals surface area (Å²) >= 11 is 0. The zero-order chi connectivity index (χ0) is 14.8. The van der Waals surface area contributed by atoms with E-state index in [2.05, 4.69) is 4.98 Å². The average molecular weight is 280 g/mol. The van der Waals surface area contributed by atoms with Crippen LogP contribution in [-0.4, -0.2) is 4.98 Å². The summed E-state index contributed by atoms with van der Waals surface area (Å²) in [7, 11) is 0. The third kappa shape index (κ3) is 2.99. The Hall–Kier alpha value is -1.88. The molecule has 0 aliphatic heterocycles. The van der Waals surface area contributed by atoms with Gasteiger partial charge in [-0.25, -0.2) is 0 Å². The fourth-order valence-corrected chi connectivity index (χ4v) is 2.10. The number of hydrogen-bond acceptors (Lipinski definition) is 2. The molecule has 0 aliphatic carbocycles. The second-order valence-electron chi connectivity index (χ2n) is 4.53. The summed E-state index contributed by atoms with van der Waals surface area (Å²) in [5.74, 6) is 0. The van der Waals surface area contributed by atoms with Crippen LogP contribution in [0.1, 0.15) is 35.2 Å². The summed E-state index contributed by atoms with van der Waals surface area (Å²) in [6.07, 6.45) is -0.177. The van der Waals surface area contributed by atoms with Crippen LogP contribution < -0.4 is 5.73 Å². The summed E-state index contributed by atoms with van der Waals surface area (Å²) in [6.45, 7) is 1.99. The third-order valence-corrected chi connectivity index (χ3v) is 3.25. The highest BCUT2D eigenvalue weighted by Crippen LogP contribution is 2.31. The number of benzene rings is 1. The van der Waals surface area contributed by atoms with Gasteiger partial charge in [0.15, 0.2) is 0 Å². The molecular formula is C15H15F3N2. The fourth-order valence-electron chi connectivity index (χ4n) is 2.10. The second-order valence-corrected chi connectivity index (χ2v) is 4.53. The van der Waals surface area contributed by atoms with Gasteiger partial charge in [-0.15, -0.1) is 0 Å². The molecule has 1 unspecified atom stereocenters. The molecule has 0 bridgehead atoms. The number of rotatable bonds is 3. The highest BCUT2D eigenvalue weighted by atomic mass is 19.4. The molecule has 2 rings (SSSR count). The minimum absolute atomic E-state index is 0.449. The van der Waals surface area contributed by atoms with Crippen LogP contribution in [0.4, 0.5) is 13.2 Å². The van der Waals surface area contributed by atoms with Gasteiger partial charge < -0.3 is 5.73 Å². The van der Waals surface area contributed by atoms with Crippen LogP contribution in [0.3, 0.4) is 0 Å². The van der Waals surface area contributed by atoms with Crippen LogP contribution >= 0.6 is 0 Å². The number of aryl methyl sites for hydroxylation is 1. The lowest BCUT2D eigenvalue weighted by Crippen LogP contribution is -2.14. The number of halogens is 3. The maximum atomic E-state index is 12.5. The van der Waals surface area contributed by atoms with Gasteiger partial charge in [0.2, 0.25) is 0 Å². The largest absolute Gasteiger partial charge is 0.416 e. The van der Waals surface area contributed by atoms with Crippen molar-refractivity contribution in [3.05, 3.63) is 65.0 Å². The first kappa shape index (κ1) is 14.5. The van der Waals surface area contributed by atoms with E-state index in [1.807, 2.05) is 6.92 Å². The Balaban J connectivity index is 2.32. The van der Waals surface area contributed by atoms with Crippen LogP contribution in [0.15, 0.2) is 42.7 Å². The molecule has 1 heterocycles. The van der Waals surface area contributed by atoms with Gasteiger partial charge in [0.25, 0.3) is 0 Å². The van der Waals surface area contributed by atoms with Gasteiger partial charge in [0.05, 0.1) is 11.6 Å². The Morgan fingerprint density at radius 3 is 2.35 bits per heavy atom. The Morgan fingerprint density at radius 2 is 1.80 bits per heavy atom. The Kier molecular flexibility index (Phi) is 4.09. The highest BCUT2D eigenvalue weighted by molar-refractivity contribution is 5.36. The predicted molar refractivity (Wildman–Crippen MR) is 71.1 cm³/mol. The molecule has 0 saturated carbocycles. The van der Waals surface area contributed by atoms with Crippen molar-refractivity contribution in [1.29, 1.82) is 0 Å². The second kappa shape index (κ2) is 5.63. The molecule has 20 heavy (non-hydrogen) atoms. The minimum Gasteiger partial charge on any atom is -0.320 e. The van der Waals surface area contributed by atoms with E-state index < -0.39 is 17.8 Å². The molecule has 106 valence electrons. The van der Waals surface area contributed by atoms with Gasteiger partial charge >= 0.3 is 6.18 Å². The quantitative estimate of drug-likeness (QED) is 0.930. The molecule has 5 heteroatoms. The first-order chi connectivity index (χ1) is 9.43. The normalized spacial score (nSPS) is 13.2. The van der Waals surface area contributed by atoms with Crippen LogP contribution in [0.5, 0.6) is 0 Å². The number of alkyl halides is 3. The standard InChI is InChI=1S/C15H15F3N2/c1-2-10-9-20-8-7-13(10)14(19)11-3-5-12(6-4-11)15(16,17)18/h3-9,14H,2,19H2,1H3. The number of pyridine rings is 1. The molecule has 1 aromatic heterocycles. The van der Waals surface area contributed by atoms with Crippen molar-refractivity contribution >= 4 is 0 Å². The number of nitrogens with zero attached hydrogens (tertiary/aromatic N) is 1. The SMILES string of the molecule is CCc1cnccc1C(N)c1ccc(C(F)(F)F)cc1. The molecule has 0 radical (unpaired) electrons. The van der Waals surface area contributed by atoms with E-state index in [1.54, 1.807) is 18.5 Å². The van der Waals surface area contributed by atoms with E-state index in [9.17, 15) is 13.2 Å². The first-order valence-electron chi connectivity index (χ1n) is 6.29. The molecule has 1 aromatic carbocycles. The van der Waals surface area contributed by atoms with E-state index in [0.717, 1.165) is 29.7 Å². The smallest absolute Gasteiger partial charge is 0.320 e. The maximum Gasteiger partial charge on any atom is 0.416 e. The third-order valence-electron chi connectivity index (χ3n) is 3.25. The van der Waals surface area contributed by atoms with Crippen molar-refractivity contribution in [2.24, 2.45) is 5.73 Å². The number of hydrogen-bond donors (Lipinski definition) is 1. The van der Waals surface area contributed by atoms with Crippen LogP contribution in [0.25, 0.3) is 0 Å². The summed E-state index contributed by atoms with van der Waals surface area (Å²) < 4.78 is 37.6. The molecular weight excluding hydrogens is 265 g/mol. The molecule has 0 saturated heterocycles. The van der Waals surface area contributed by atoms with Crippen molar-refractivity contribution in [1.82, 2.24) is 4.98 Å². The van der Waals surface area contributed by atoms with Crippen molar-refractivity contribution in [3.8, 4) is 0 Å². The maximum absolute atomic E-state index is 12.5.